The van der Waals surface area contributed by atoms with Crippen LogP contribution in [0.4, 0.5) is 0 Å². The highest BCUT2D eigenvalue weighted by molar-refractivity contribution is 5.98. The first kappa shape index (κ1) is 12.7. The van der Waals surface area contributed by atoms with Crippen molar-refractivity contribution in [2.24, 2.45) is 4.99 Å². The number of rotatable bonds is 3. The van der Waals surface area contributed by atoms with E-state index in [9.17, 15) is 0 Å². The molecule has 98 valence electrons. The van der Waals surface area contributed by atoms with Gasteiger partial charge in [0.1, 0.15) is 18.1 Å². The summed E-state index contributed by atoms with van der Waals surface area (Å²) in [6.07, 6.45) is 0. The molecule has 0 bridgehead atoms. The van der Waals surface area contributed by atoms with Crippen molar-refractivity contribution in [2.75, 3.05) is 20.8 Å². The topological polar surface area (TPSA) is 40.0 Å². The summed E-state index contributed by atoms with van der Waals surface area (Å²) in [4.78, 5) is 4.56. The molecule has 1 aromatic rings. The zero-order valence-electron chi connectivity index (χ0n) is 11.5. The van der Waals surface area contributed by atoms with Crippen molar-refractivity contribution in [2.45, 2.75) is 26.3 Å². The molecule has 18 heavy (non-hydrogen) atoms. The van der Waals surface area contributed by atoms with Crippen LogP contribution in [0.3, 0.4) is 0 Å². The maximum Gasteiger partial charge on any atom is 0.220 e. The highest BCUT2D eigenvalue weighted by Crippen LogP contribution is 2.31. The first-order chi connectivity index (χ1) is 8.46. The van der Waals surface area contributed by atoms with E-state index in [4.69, 9.17) is 14.2 Å². The van der Waals surface area contributed by atoms with Crippen molar-refractivity contribution in [1.29, 1.82) is 0 Å². The molecule has 0 spiro atoms. The molecular weight excluding hydrogens is 230 g/mol. The summed E-state index contributed by atoms with van der Waals surface area (Å²) in [5, 5.41) is 0. The van der Waals surface area contributed by atoms with Gasteiger partial charge < -0.3 is 14.2 Å². The maximum atomic E-state index is 5.65. The molecule has 4 nitrogen and oxygen atoms in total. The fraction of sp³-hybridized carbons (Fsp3) is 0.500. The van der Waals surface area contributed by atoms with Gasteiger partial charge in [0.15, 0.2) is 0 Å². The Morgan fingerprint density at radius 2 is 1.83 bits per heavy atom. The van der Waals surface area contributed by atoms with Gasteiger partial charge in [0.2, 0.25) is 5.90 Å². The van der Waals surface area contributed by atoms with Crippen LogP contribution in [-0.4, -0.2) is 32.3 Å². The van der Waals surface area contributed by atoms with Crippen LogP contribution in [0.2, 0.25) is 0 Å². The molecular formula is C14H19NO3. The summed E-state index contributed by atoms with van der Waals surface area (Å²) >= 11 is 0. The standard InChI is InChI=1S/C14H19NO3/c1-9-6-12(17-5)10(7-11(9)16-4)13-15-14(2,3)8-18-13/h6-7H,8H2,1-5H3. The Labute approximate surface area is 108 Å². The lowest BCUT2D eigenvalue weighted by molar-refractivity contribution is 0.278. The van der Waals surface area contributed by atoms with E-state index in [1.54, 1.807) is 14.2 Å². The Balaban J connectivity index is 2.50. The van der Waals surface area contributed by atoms with Gasteiger partial charge in [0.05, 0.1) is 25.3 Å². The third kappa shape index (κ3) is 2.28. The van der Waals surface area contributed by atoms with Crippen molar-refractivity contribution < 1.29 is 14.2 Å². The highest BCUT2D eigenvalue weighted by Gasteiger charge is 2.29. The third-order valence-corrected chi connectivity index (χ3v) is 2.91. The molecule has 0 N–H and O–H groups in total. The molecule has 0 saturated carbocycles. The number of aryl methyl sites for hydroxylation is 1. The predicted octanol–water partition coefficient (Wildman–Crippen LogP) is 2.57. The Kier molecular flexibility index (Phi) is 3.20. The molecule has 0 saturated heterocycles. The molecule has 0 fully saturated rings. The quantitative estimate of drug-likeness (QED) is 0.826. The number of methoxy groups -OCH3 is 2. The number of benzene rings is 1. The second kappa shape index (κ2) is 4.52. The second-order valence-corrected chi connectivity index (χ2v) is 5.04. The molecule has 4 heteroatoms. The average Bonchev–Trinajstić information content (AvgIpc) is 2.69. The molecule has 1 aliphatic heterocycles. The third-order valence-electron chi connectivity index (χ3n) is 2.91. The lowest BCUT2D eigenvalue weighted by Crippen LogP contribution is -2.17. The minimum absolute atomic E-state index is 0.182. The second-order valence-electron chi connectivity index (χ2n) is 5.04. The molecule has 0 radical (unpaired) electrons. The van der Waals surface area contributed by atoms with Gasteiger partial charge in [-0.25, -0.2) is 4.99 Å². The monoisotopic (exact) mass is 249 g/mol. The number of aliphatic imine (C=N–C) groups is 1. The fourth-order valence-corrected chi connectivity index (χ4v) is 1.94. The van der Waals surface area contributed by atoms with Gasteiger partial charge in [-0.1, -0.05) is 0 Å². The van der Waals surface area contributed by atoms with Crippen LogP contribution >= 0.6 is 0 Å². The summed E-state index contributed by atoms with van der Waals surface area (Å²) < 4.78 is 16.4. The summed E-state index contributed by atoms with van der Waals surface area (Å²) in [5.74, 6) is 2.18. The van der Waals surface area contributed by atoms with Crippen LogP contribution in [0.5, 0.6) is 11.5 Å². The van der Waals surface area contributed by atoms with Gasteiger partial charge in [-0.2, -0.15) is 0 Å². The van der Waals surface area contributed by atoms with E-state index in [0.717, 1.165) is 22.6 Å². The summed E-state index contributed by atoms with van der Waals surface area (Å²) in [6.45, 7) is 6.64. The van der Waals surface area contributed by atoms with Crippen LogP contribution in [0.15, 0.2) is 17.1 Å². The Morgan fingerprint density at radius 1 is 1.17 bits per heavy atom. The minimum atomic E-state index is -0.182. The first-order valence-corrected chi connectivity index (χ1v) is 5.92. The van der Waals surface area contributed by atoms with Crippen molar-refractivity contribution in [3.8, 4) is 11.5 Å². The maximum absolute atomic E-state index is 5.65. The zero-order valence-corrected chi connectivity index (χ0v) is 11.5. The van der Waals surface area contributed by atoms with Gasteiger partial charge in [-0.05, 0) is 38.5 Å². The van der Waals surface area contributed by atoms with Gasteiger partial charge in [-0.3, -0.25) is 0 Å². The Morgan fingerprint density at radius 3 is 2.33 bits per heavy atom. The van der Waals surface area contributed by atoms with Crippen LogP contribution < -0.4 is 9.47 Å². The van der Waals surface area contributed by atoms with E-state index in [1.807, 2.05) is 32.9 Å². The normalized spacial score (nSPS) is 17.1. The van der Waals surface area contributed by atoms with E-state index in [2.05, 4.69) is 4.99 Å². The van der Waals surface area contributed by atoms with Crippen molar-refractivity contribution in [1.82, 2.24) is 0 Å². The Bertz CT molecular complexity index is 492. The van der Waals surface area contributed by atoms with E-state index in [0.29, 0.717) is 12.5 Å². The smallest absolute Gasteiger partial charge is 0.220 e. The molecule has 0 aromatic heterocycles. The molecule has 0 amide bonds. The fourth-order valence-electron chi connectivity index (χ4n) is 1.94. The minimum Gasteiger partial charge on any atom is -0.496 e. The molecule has 1 aliphatic rings. The summed E-state index contributed by atoms with van der Waals surface area (Å²) in [6, 6.07) is 3.85. The van der Waals surface area contributed by atoms with Crippen LogP contribution in [0.25, 0.3) is 0 Å². The Hall–Kier alpha value is -1.71. The number of hydrogen-bond acceptors (Lipinski definition) is 4. The van der Waals surface area contributed by atoms with Gasteiger partial charge in [0, 0.05) is 0 Å². The van der Waals surface area contributed by atoms with Crippen molar-refractivity contribution >= 4 is 5.90 Å². The summed E-state index contributed by atoms with van der Waals surface area (Å²) in [5.41, 5.74) is 1.68. The van der Waals surface area contributed by atoms with Gasteiger partial charge in [-0.15, -0.1) is 0 Å². The highest BCUT2D eigenvalue weighted by atomic mass is 16.5. The molecule has 0 atom stereocenters. The number of hydrogen-bond donors (Lipinski definition) is 0. The predicted molar refractivity (Wildman–Crippen MR) is 70.9 cm³/mol. The molecule has 0 aliphatic carbocycles. The lowest BCUT2D eigenvalue weighted by Gasteiger charge is -2.12. The SMILES string of the molecule is COc1cc(C2=NC(C)(C)CO2)c(OC)cc1C. The van der Waals surface area contributed by atoms with Gasteiger partial charge in [0.25, 0.3) is 0 Å². The summed E-state index contributed by atoms with van der Waals surface area (Å²) in [7, 11) is 3.30. The van der Waals surface area contributed by atoms with Crippen molar-refractivity contribution in [3.05, 3.63) is 23.3 Å². The lowest BCUT2D eigenvalue weighted by atomic mass is 10.1. The molecule has 1 heterocycles. The largest absolute Gasteiger partial charge is 0.496 e. The molecule has 0 unspecified atom stereocenters. The molecule has 2 rings (SSSR count). The zero-order chi connectivity index (χ0) is 13.3. The van der Waals surface area contributed by atoms with Crippen molar-refractivity contribution in [3.63, 3.8) is 0 Å². The average molecular weight is 249 g/mol. The van der Waals surface area contributed by atoms with E-state index >= 15 is 0 Å². The first-order valence-electron chi connectivity index (χ1n) is 5.92. The van der Waals surface area contributed by atoms with Gasteiger partial charge >= 0.3 is 0 Å². The van der Waals surface area contributed by atoms with E-state index in [1.165, 1.54) is 0 Å². The van der Waals surface area contributed by atoms with E-state index in [-0.39, 0.29) is 5.54 Å². The number of nitrogens with zero attached hydrogens (tertiary/aromatic N) is 1. The van der Waals surface area contributed by atoms with Crippen LogP contribution in [0, 0.1) is 6.92 Å². The number of ether oxygens (including phenoxy) is 3. The van der Waals surface area contributed by atoms with E-state index < -0.39 is 0 Å². The van der Waals surface area contributed by atoms with Crippen LogP contribution in [-0.2, 0) is 4.74 Å². The van der Waals surface area contributed by atoms with Crippen LogP contribution in [0.1, 0.15) is 25.0 Å². The molecule has 1 aromatic carbocycles.